The van der Waals surface area contributed by atoms with Crippen LogP contribution in [-0.2, 0) is 6.42 Å². The van der Waals surface area contributed by atoms with Gasteiger partial charge in [-0.25, -0.2) is 0 Å². The smallest absolute Gasteiger partial charge is 0.226 e. The Balaban J connectivity index is 2.29. The number of rotatable bonds is 4. The van der Waals surface area contributed by atoms with Gasteiger partial charge in [0.2, 0.25) is 5.95 Å². The molecule has 124 valence electrons. The van der Waals surface area contributed by atoms with Gasteiger partial charge in [-0.15, -0.1) is 0 Å². The van der Waals surface area contributed by atoms with E-state index in [0.29, 0.717) is 11.8 Å². The number of piperazine rings is 1. The summed E-state index contributed by atoms with van der Waals surface area (Å²) in [6.07, 6.45) is 1.99. The molecule has 6 nitrogen and oxygen atoms in total. The van der Waals surface area contributed by atoms with Gasteiger partial charge < -0.3 is 20.9 Å². The highest BCUT2D eigenvalue weighted by molar-refractivity contribution is 5.60. The minimum atomic E-state index is 0.271. The molecule has 2 heterocycles. The van der Waals surface area contributed by atoms with Crippen LogP contribution in [0.2, 0.25) is 0 Å². The molecule has 0 saturated carbocycles. The van der Waals surface area contributed by atoms with Crippen LogP contribution >= 0.6 is 0 Å². The Morgan fingerprint density at radius 1 is 1.14 bits per heavy atom. The highest BCUT2D eigenvalue weighted by Crippen LogP contribution is 2.30. The minimum absolute atomic E-state index is 0.271. The predicted molar refractivity (Wildman–Crippen MR) is 93.5 cm³/mol. The van der Waals surface area contributed by atoms with Crippen molar-refractivity contribution in [1.29, 1.82) is 0 Å². The summed E-state index contributed by atoms with van der Waals surface area (Å²) < 4.78 is 0. The van der Waals surface area contributed by atoms with Crippen molar-refractivity contribution in [3.8, 4) is 0 Å². The fourth-order valence-corrected chi connectivity index (χ4v) is 2.62. The lowest BCUT2D eigenvalue weighted by molar-refractivity contribution is 0.311. The Hall–Kier alpha value is -1.56. The van der Waals surface area contributed by atoms with Gasteiger partial charge in [-0.3, -0.25) is 0 Å². The van der Waals surface area contributed by atoms with Crippen molar-refractivity contribution in [2.24, 2.45) is 5.41 Å². The Morgan fingerprint density at radius 3 is 2.32 bits per heavy atom. The summed E-state index contributed by atoms with van der Waals surface area (Å²) in [5.41, 5.74) is 7.60. The summed E-state index contributed by atoms with van der Waals surface area (Å²) in [4.78, 5) is 13.8. The SMILES string of the molecule is CNc1nc(N)c(CCC(C)(C)C)c(N2CCN(C)CC2)n1. The number of nitrogens with zero attached hydrogens (tertiary/aromatic N) is 4. The molecule has 0 unspecified atom stereocenters. The van der Waals surface area contributed by atoms with Gasteiger partial charge in [0.25, 0.3) is 0 Å². The molecule has 6 heteroatoms. The van der Waals surface area contributed by atoms with Crippen LogP contribution in [0.4, 0.5) is 17.6 Å². The third-order valence-corrected chi connectivity index (χ3v) is 4.17. The van der Waals surface area contributed by atoms with Gasteiger partial charge in [-0.2, -0.15) is 9.97 Å². The molecular weight excluding hydrogens is 276 g/mol. The van der Waals surface area contributed by atoms with Crippen LogP contribution < -0.4 is 16.0 Å². The summed E-state index contributed by atoms with van der Waals surface area (Å²) in [7, 11) is 3.99. The molecule has 2 rings (SSSR count). The maximum atomic E-state index is 6.23. The zero-order valence-corrected chi connectivity index (χ0v) is 14.6. The third-order valence-electron chi connectivity index (χ3n) is 4.17. The summed E-state index contributed by atoms with van der Waals surface area (Å²) in [5.74, 6) is 2.22. The van der Waals surface area contributed by atoms with Crippen LogP contribution in [0.15, 0.2) is 0 Å². The molecule has 1 fully saturated rings. The molecular formula is C16H30N6. The van der Waals surface area contributed by atoms with Crippen molar-refractivity contribution in [3.63, 3.8) is 0 Å². The lowest BCUT2D eigenvalue weighted by atomic mass is 9.88. The van der Waals surface area contributed by atoms with Crippen LogP contribution in [0.25, 0.3) is 0 Å². The van der Waals surface area contributed by atoms with Crippen molar-refractivity contribution in [3.05, 3.63) is 5.56 Å². The molecule has 0 atom stereocenters. The van der Waals surface area contributed by atoms with Gasteiger partial charge in [-0.1, -0.05) is 20.8 Å². The number of nitrogens with one attached hydrogen (secondary N) is 1. The zero-order chi connectivity index (χ0) is 16.3. The molecule has 0 aliphatic carbocycles. The maximum Gasteiger partial charge on any atom is 0.226 e. The van der Waals surface area contributed by atoms with Crippen LogP contribution in [0, 0.1) is 5.41 Å². The minimum Gasteiger partial charge on any atom is -0.383 e. The summed E-state index contributed by atoms with van der Waals surface area (Å²) >= 11 is 0. The fraction of sp³-hybridized carbons (Fsp3) is 0.750. The second-order valence-corrected chi connectivity index (χ2v) is 7.34. The monoisotopic (exact) mass is 306 g/mol. The first-order chi connectivity index (χ1) is 10.3. The Bertz CT molecular complexity index is 500. The van der Waals surface area contributed by atoms with E-state index >= 15 is 0 Å². The molecule has 1 saturated heterocycles. The largest absolute Gasteiger partial charge is 0.383 e. The summed E-state index contributed by atoms with van der Waals surface area (Å²) in [5, 5.41) is 3.02. The molecule has 0 bridgehead atoms. The average Bonchev–Trinajstić information content (AvgIpc) is 2.45. The van der Waals surface area contributed by atoms with Crippen molar-refractivity contribution >= 4 is 17.6 Å². The number of nitrogens with two attached hydrogens (primary N) is 1. The highest BCUT2D eigenvalue weighted by Gasteiger charge is 2.22. The van der Waals surface area contributed by atoms with Gasteiger partial charge in [0.1, 0.15) is 11.6 Å². The molecule has 0 radical (unpaired) electrons. The molecule has 3 N–H and O–H groups in total. The van der Waals surface area contributed by atoms with Gasteiger partial charge in [-0.05, 0) is 25.3 Å². The van der Waals surface area contributed by atoms with E-state index in [-0.39, 0.29) is 5.41 Å². The van der Waals surface area contributed by atoms with E-state index < -0.39 is 0 Å². The quantitative estimate of drug-likeness (QED) is 0.884. The van der Waals surface area contributed by atoms with Crippen LogP contribution in [0.1, 0.15) is 32.8 Å². The number of anilines is 3. The van der Waals surface area contributed by atoms with Gasteiger partial charge in [0.05, 0.1) is 0 Å². The Kier molecular flexibility index (Phi) is 5.11. The zero-order valence-electron chi connectivity index (χ0n) is 14.6. The summed E-state index contributed by atoms with van der Waals surface area (Å²) in [6.45, 7) is 10.8. The molecule has 0 aromatic carbocycles. The normalized spacial score (nSPS) is 16.9. The first-order valence-electron chi connectivity index (χ1n) is 8.08. The number of nitrogen functional groups attached to an aromatic ring is 1. The van der Waals surface area contributed by atoms with Crippen molar-refractivity contribution in [1.82, 2.24) is 14.9 Å². The highest BCUT2D eigenvalue weighted by atomic mass is 15.3. The van der Waals surface area contributed by atoms with Crippen molar-refractivity contribution in [2.45, 2.75) is 33.6 Å². The lowest BCUT2D eigenvalue weighted by Gasteiger charge is -2.34. The number of hydrogen-bond acceptors (Lipinski definition) is 6. The van der Waals surface area contributed by atoms with E-state index in [4.69, 9.17) is 10.7 Å². The first-order valence-corrected chi connectivity index (χ1v) is 8.08. The molecule has 22 heavy (non-hydrogen) atoms. The first kappa shape index (κ1) is 16.8. The fourth-order valence-electron chi connectivity index (χ4n) is 2.62. The lowest BCUT2D eigenvalue weighted by Crippen LogP contribution is -2.45. The molecule has 1 aromatic heterocycles. The third kappa shape index (κ3) is 4.22. The van der Waals surface area contributed by atoms with E-state index in [1.54, 1.807) is 0 Å². The topological polar surface area (TPSA) is 70.3 Å². The average molecular weight is 306 g/mol. The standard InChI is InChI=1S/C16H30N6/c1-16(2,3)7-6-12-13(17)19-15(18-4)20-14(12)22-10-8-21(5)9-11-22/h6-11H2,1-5H3,(H3,17,18,19,20). The van der Waals surface area contributed by atoms with Crippen LogP contribution in [-0.4, -0.2) is 55.1 Å². The molecule has 1 aliphatic rings. The Morgan fingerprint density at radius 2 is 1.77 bits per heavy atom. The summed E-state index contributed by atoms with van der Waals surface area (Å²) in [6, 6.07) is 0. The van der Waals surface area contributed by atoms with E-state index in [1.807, 2.05) is 7.05 Å². The predicted octanol–water partition coefficient (Wildman–Crippen LogP) is 1.83. The number of hydrogen-bond donors (Lipinski definition) is 2. The van der Waals surface area contributed by atoms with Gasteiger partial charge >= 0.3 is 0 Å². The van der Waals surface area contributed by atoms with E-state index in [9.17, 15) is 0 Å². The maximum absolute atomic E-state index is 6.23. The second-order valence-electron chi connectivity index (χ2n) is 7.34. The Labute approximate surface area is 134 Å². The molecule has 1 aliphatic heterocycles. The molecule has 0 amide bonds. The number of likely N-dealkylation sites (N-methyl/N-ethyl adjacent to an activating group) is 1. The number of aromatic nitrogens is 2. The second kappa shape index (κ2) is 6.69. The van der Waals surface area contributed by atoms with Crippen molar-refractivity contribution in [2.75, 3.05) is 56.2 Å². The molecule has 1 aromatic rings. The molecule has 0 spiro atoms. The van der Waals surface area contributed by atoms with Gasteiger partial charge in [0, 0.05) is 38.8 Å². The van der Waals surface area contributed by atoms with Crippen molar-refractivity contribution < 1.29 is 0 Å². The van der Waals surface area contributed by atoms with Crippen LogP contribution in [0.5, 0.6) is 0 Å². The van der Waals surface area contributed by atoms with E-state index in [0.717, 1.165) is 50.4 Å². The van der Waals surface area contributed by atoms with E-state index in [2.05, 4.69) is 47.9 Å². The van der Waals surface area contributed by atoms with Gasteiger partial charge in [0.15, 0.2) is 0 Å². The van der Waals surface area contributed by atoms with E-state index in [1.165, 1.54) is 0 Å². The van der Waals surface area contributed by atoms with Crippen LogP contribution in [0.3, 0.4) is 0 Å².